The maximum Gasteiger partial charge on any atom is 0.339 e. The molecule has 0 bridgehead atoms. The normalized spacial score (nSPS) is 18.9. The van der Waals surface area contributed by atoms with Crippen LogP contribution in [0.4, 0.5) is 0 Å². The summed E-state index contributed by atoms with van der Waals surface area (Å²) in [5.41, 5.74) is 2.41. The molecule has 1 heterocycles. The molecule has 1 saturated carbocycles. The summed E-state index contributed by atoms with van der Waals surface area (Å²) in [6.07, 6.45) is 3.33. The number of ether oxygens (including phenoxy) is 1. The van der Waals surface area contributed by atoms with Crippen LogP contribution in [-0.2, 0) is 16.0 Å². The van der Waals surface area contributed by atoms with E-state index in [1.54, 1.807) is 13.0 Å². The van der Waals surface area contributed by atoms with Gasteiger partial charge in [-0.3, -0.25) is 4.79 Å². The summed E-state index contributed by atoms with van der Waals surface area (Å²) >= 11 is 0. The van der Waals surface area contributed by atoms with Crippen LogP contribution in [0, 0.1) is 25.7 Å². The second-order valence-corrected chi connectivity index (χ2v) is 8.04. The van der Waals surface area contributed by atoms with Crippen LogP contribution in [0.5, 0.6) is 5.75 Å². The van der Waals surface area contributed by atoms with Gasteiger partial charge in [-0.15, -0.1) is 0 Å². The number of nitrogens with one attached hydrogen (secondary N) is 1. The van der Waals surface area contributed by atoms with E-state index in [0.29, 0.717) is 48.3 Å². The third kappa shape index (κ3) is 4.66. The van der Waals surface area contributed by atoms with Crippen molar-refractivity contribution in [3.63, 3.8) is 0 Å². The van der Waals surface area contributed by atoms with Crippen LogP contribution in [0.3, 0.4) is 0 Å². The molecule has 1 aromatic carbocycles. The Kier molecular flexibility index (Phi) is 6.80. The van der Waals surface area contributed by atoms with Crippen molar-refractivity contribution in [3.8, 4) is 5.75 Å². The molecule has 30 heavy (non-hydrogen) atoms. The zero-order valence-corrected chi connectivity index (χ0v) is 17.7. The molecule has 3 rings (SSSR count). The minimum absolute atomic E-state index is 0.142. The van der Waals surface area contributed by atoms with Crippen LogP contribution in [-0.4, -0.2) is 25.0 Å². The van der Waals surface area contributed by atoms with Crippen molar-refractivity contribution >= 4 is 22.8 Å². The average Bonchev–Trinajstić information content (AvgIpc) is 2.73. The van der Waals surface area contributed by atoms with E-state index in [-0.39, 0.29) is 30.0 Å². The number of carbonyl (C=O) groups excluding carboxylic acids is 2. The second-order valence-electron chi connectivity index (χ2n) is 8.04. The maximum atomic E-state index is 12.2. The van der Waals surface area contributed by atoms with E-state index in [1.165, 1.54) is 0 Å². The van der Waals surface area contributed by atoms with Crippen molar-refractivity contribution in [2.75, 3.05) is 13.2 Å². The number of fused-ring (bicyclic) bond motifs is 1. The molecule has 7 heteroatoms. The molecule has 7 nitrogen and oxygen atoms in total. The SMILES string of the molecule is CCc1c(C)c2ccc(OCC(=O)NCC3CCC(C(=O)[O-])CC3)c(C)c2oc1=O. The summed E-state index contributed by atoms with van der Waals surface area (Å²) in [5.74, 6) is -0.812. The van der Waals surface area contributed by atoms with Crippen LogP contribution >= 0.6 is 0 Å². The van der Waals surface area contributed by atoms with Gasteiger partial charge in [0.05, 0.1) is 0 Å². The van der Waals surface area contributed by atoms with Crippen LogP contribution < -0.4 is 20.8 Å². The molecule has 0 unspecified atom stereocenters. The second kappa shape index (κ2) is 9.32. The van der Waals surface area contributed by atoms with Gasteiger partial charge in [0.2, 0.25) is 0 Å². The summed E-state index contributed by atoms with van der Waals surface area (Å²) in [7, 11) is 0. The maximum absolute atomic E-state index is 12.2. The Morgan fingerprint density at radius 2 is 1.87 bits per heavy atom. The van der Waals surface area contributed by atoms with Crippen molar-refractivity contribution in [3.05, 3.63) is 39.2 Å². The number of carbonyl (C=O) groups is 2. The summed E-state index contributed by atoms with van der Waals surface area (Å²) in [5, 5.41) is 14.6. The largest absolute Gasteiger partial charge is 0.550 e. The van der Waals surface area contributed by atoms with Crippen LogP contribution in [0.2, 0.25) is 0 Å². The van der Waals surface area contributed by atoms with Gasteiger partial charge < -0.3 is 24.4 Å². The van der Waals surface area contributed by atoms with Crippen molar-refractivity contribution in [2.45, 2.75) is 52.9 Å². The fourth-order valence-electron chi connectivity index (χ4n) is 4.19. The van der Waals surface area contributed by atoms with E-state index in [4.69, 9.17) is 9.15 Å². The number of benzene rings is 1. The molecule has 1 aliphatic rings. The molecule has 1 N–H and O–H groups in total. The van der Waals surface area contributed by atoms with Gasteiger partial charge in [-0.25, -0.2) is 4.79 Å². The number of hydrogen-bond donors (Lipinski definition) is 1. The Balaban J connectivity index is 1.58. The summed E-state index contributed by atoms with van der Waals surface area (Å²) in [6.45, 7) is 6.00. The molecule has 1 fully saturated rings. The fourth-order valence-corrected chi connectivity index (χ4v) is 4.19. The van der Waals surface area contributed by atoms with Gasteiger partial charge >= 0.3 is 5.63 Å². The number of hydrogen-bond acceptors (Lipinski definition) is 6. The lowest BCUT2D eigenvalue weighted by atomic mass is 9.82. The quantitative estimate of drug-likeness (QED) is 0.695. The van der Waals surface area contributed by atoms with E-state index < -0.39 is 5.97 Å². The highest BCUT2D eigenvalue weighted by Crippen LogP contribution is 2.30. The minimum Gasteiger partial charge on any atom is -0.550 e. The molecule has 1 amide bonds. The highest BCUT2D eigenvalue weighted by molar-refractivity contribution is 5.86. The van der Waals surface area contributed by atoms with Gasteiger partial charge in [0.25, 0.3) is 5.91 Å². The summed E-state index contributed by atoms with van der Waals surface area (Å²) in [6, 6.07) is 3.64. The fraction of sp³-hybridized carbons (Fsp3) is 0.522. The first kappa shape index (κ1) is 21.9. The van der Waals surface area contributed by atoms with Gasteiger partial charge in [0.15, 0.2) is 6.61 Å². The van der Waals surface area contributed by atoms with Gasteiger partial charge in [0, 0.05) is 29.0 Å². The van der Waals surface area contributed by atoms with Crippen molar-refractivity contribution < 1.29 is 23.8 Å². The smallest absolute Gasteiger partial charge is 0.339 e. The van der Waals surface area contributed by atoms with Crippen molar-refractivity contribution in [2.24, 2.45) is 11.8 Å². The highest BCUT2D eigenvalue weighted by atomic mass is 16.5. The lowest BCUT2D eigenvalue weighted by Gasteiger charge is -2.29. The molecule has 0 radical (unpaired) electrons. The predicted molar refractivity (Wildman–Crippen MR) is 110 cm³/mol. The van der Waals surface area contributed by atoms with Crippen LogP contribution in [0.1, 0.15) is 49.3 Å². The van der Waals surface area contributed by atoms with Gasteiger partial charge in [-0.1, -0.05) is 6.92 Å². The molecule has 1 aromatic heterocycles. The van der Waals surface area contributed by atoms with E-state index >= 15 is 0 Å². The number of carboxylic acid groups (broad SMARTS) is 1. The first-order valence-corrected chi connectivity index (χ1v) is 10.5. The first-order valence-electron chi connectivity index (χ1n) is 10.5. The molecule has 1 aliphatic carbocycles. The molecule has 2 aromatic rings. The zero-order chi connectivity index (χ0) is 21.8. The molecule has 0 atom stereocenters. The van der Waals surface area contributed by atoms with Gasteiger partial charge in [-0.2, -0.15) is 0 Å². The molecule has 0 aliphatic heterocycles. The third-order valence-electron chi connectivity index (χ3n) is 6.13. The van der Waals surface area contributed by atoms with Crippen LogP contribution in [0.15, 0.2) is 21.3 Å². The topological polar surface area (TPSA) is 109 Å². The van der Waals surface area contributed by atoms with Gasteiger partial charge in [-0.05, 0) is 75.5 Å². The van der Waals surface area contributed by atoms with Crippen LogP contribution in [0.25, 0.3) is 11.0 Å². The number of rotatable bonds is 7. The lowest BCUT2D eigenvalue weighted by molar-refractivity contribution is -0.312. The van der Waals surface area contributed by atoms with E-state index in [1.807, 2.05) is 19.9 Å². The average molecular weight is 414 g/mol. The Morgan fingerprint density at radius 3 is 2.50 bits per heavy atom. The Hall–Kier alpha value is -2.83. The molecule has 162 valence electrons. The van der Waals surface area contributed by atoms with Gasteiger partial charge in [0.1, 0.15) is 11.3 Å². The first-order chi connectivity index (χ1) is 14.3. The Morgan fingerprint density at radius 1 is 1.17 bits per heavy atom. The van der Waals surface area contributed by atoms with Crippen molar-refractivity contribution in [1.29, 1.82) is 0 Å². The van der Waals surface area contributed by atoms with E-state index in [9.17, 15) is 19.5 Å². The minimum atomic E-state index is -0.978. The van der Waals surface area contributed by atoms with Crippen molar-refractivity contribution in [1.82, 2.24) is 5.32 Å². The summed E-state index contributed by atoms with van der Waals surface area (Å²) in [4.78, 5) is 35.3. The Bertz CT molecular complexity index is 1000. The summed E-state index contributed by atoms with van der Waals surface area (Å²) < 4.78 is 11.2. The molecule has 0 saturated heterocycles. The number of carboxylic acids is 1. The Labute approximate surface area is 175 Å². The third-order valence-corrected chi connectivity index (χ3v) is 6.13. The molecular weight excluding hydrogens is 386 g/mol. The standard InChI is InChI=1S/C23H29NO6/c1-4-17-13(2)18-9-10-19(14(3)21(18)30-23(17)28)29-12-20(25)24-11-15-5-7-16(8-6-15)22(26)27/h9-10,15-16H,4-8,11-12H2,1-3H3,(H,24,25)(H,26,27)/p-1. The van der Waals surface area contributed by atoms with E-state index in [2.05, 4.69) is 5.32 Å². The predicted octanol–water partition coefficient (Wildman–Crippen LogP) is 2.02. The van der Waals surface area contributed by atoms with E-state index in [0.717, 1.165) is 23.8 Å². The number of amides is 1. The monoisotopic (exact) mass is 414 g/mol. The highest BCUT2D eigenvalue weighted by Gasteiger charge is 2.22. The molecule has 0 spiro atoms. The number of aliphatic carboxylic acids is 1. The lowest BCUT2D eigenvalue weighted by Crippen LogP contribution is -2.37. The zero-order valence-electron chi connectivity index (χ0n) is 17.7. The number of aryl methyl sites for hydroxylation is 2. The molecular formula is C23H28NO6-.